The van der Waals surface area contributed by atoms with Gasteiger partial charge in [0.2, 0.25) is 0 Å². The molecule has 1 aliphatic rings. The first kappa shape index (κ1) is 15.6. The van der Waals surface area contributed by atoms with Crippen molar-refractivity contribution in [3.63, 3.8) is 0 Å². The Morgan fingerprint density at radius 2 is 1.60 bits per heavy atom. The molecule has 0 amide bonds. The van der Waals surface area contributed by atoms with E-state index in [2.05, 4.69) is 12.1 Å². The molecule has 0 radical (unpaired) electrons. The normalized spacial score (nSPS) is 16.4. The third kappa shape index (κ3) is 3.07. The minimum Gasteiger partial charge on any atom is -0.297 e. The van der Waals surface area contributed by atoms with E-state index in [1.807, 2.05) is 48.5 Å². The number of rotatable bonds is 3. The average Bonchev–Trinajstić information content (AvgIpc) is 2.66. The van der Waals surface area contributed by atoms with Gasteiger partial charge in [-0.2, -0.15) is 0 Å². The van der Waals surface area contributed by atoms with Crippen LogP contribution in [0.1, 0.15) is 29.2 Å². The molecule has 3 aromatic rings. The number of hydrogen-bond acceptors (Lipinski definition) is 2. The highest BCUT2D eigenvalue weighted by Crippen LogP contribution is 2.27. The molecule has 0 saturated carbocycles. The lowest BCUT2D eigenvalue weighted by Gasteiger charge is -2.26. The largest absolute Gasteiger partial charge is 0.331 e. The third-order valence-corrected chi connectivity index (χ3v) is 4.98. The van der Waals surface area contributed by atoms with Gasteiger partial charge in [0.15, 0.2) is 0 Å². The van der Waals surface area contributed by atoms with Crippen molar-refractivity contribution < 1.29 is 0 Å². The van der Waals surface area contributed by atoms with Gasteiger partial charge in [0.05, 0.1) is 6.54 Å². The van der Waals surface area contributed by atoms with E-state index in [9.17, 15) is 9.59 Å². The summed E-state index contributed by atoms with van der Waals surface area (Å²) in [6, 6.07) is 21.6. The van der Waals surface area contributed by atoms with Gasteiger partial charge in [0.25, 0.3) is 5.56 Å². The zero-order chi connectivity index (χ0) is 17.2. The van der Waals surface area contributed by atoms with Crippen molar-refractivity contribution in [2.24, 2.45) is 0 Å². The number of fused-ring (bicyclic) bond motifs is 1. The van der Waals surface area contributed by atoms with Crippen LogP contribution in [0.25, 0.3) is 0 Å². The molecule has 0 N–H and O–H groups in total. The summed E-state index contributed by atoms with van der Waals surface area (Å²) in [4.78, 5) is 25.3. The molecule has 1 atom stereocenters. The van der Waals surface area contributed by atoms with Crippen molar-refractivity contribution in [2.45, 2.75) is 31.8 Å². The molecule has 0 bridgehead atoms. The van der Waals surface area contributed by atoms with Crippen molar-refractivity contribution in [1.82, 2.24) is 9.13 Å². The lowest BCUT2D eigenvalue weighted by Crippen LogP contribution is -2.43. The SMILES string of the molecule is O=c1cc2n(c(=O)n1Cc1ccccc1)CC[C@@H](c1ccccc1)C2. The summed E-state index contributed by atoms with van der Waals surface area (Å²) in [7, 11) is 0. The maximum absolute atomic E-state index is 12.8. The molecule has 0 unspecified atom stereocenters. The molecular weight excluding hydrogens is 312 g/mol. The minimum atomic E-state index is -0.214. The Balaban J connectivity index is 1.68. The highest BCUT2D eigenvalue weighted by molar-refractivity contribution is 5.23. The van der Waals surface area contributed by atoms with Crippen LogP contribution in [0.3, 0.4) is 0 Å². The zero-order valence-corrected chi connectivity index (χ0v) is 14.0. The van der Waals surface area contributed by atoms with E-state index in [4.69, 9.17) is 0 Å². The Kier molecular flexibility index (Phi) is 4.10. The second kappa shape index (κ2) is 6.55. The van der Waals surface area contributed by atoms with Crippen molar-refractivity contribution in [3.8, 4) is 0 Å². The van der Waals surface area contributed by atoms with Crippen LogP contribution in [0, 0.1) is 0 Å². The van der Waals surface area contributed by atoms with Crippen molar-refractivity contribution >= 4 is 0 Å². The van der Waals surface area contributed by atoms with Crippen LogP contribution in [0.4, 0.5) is 0 Å². The molecule has 0 saturated heterocycles. The molecule has 126 valence electrons. The summed E-state index contributed by atoms with van der Waals surface area (Å²) in [5, 5.41) is 0. The van der Waals surface area contributed by atoms with Gasteiger partial charge in [-0.15, -0.1) is 0 Å². The van der Waals surface area contributed by atoms with E-state index in [1.54, 1.807) is 10.6 Å². The number of nitrogens with zero attached hydrogens (tertiary/aromatic N) is 2. The summed E-state index contributed by atoms with van der Waals surface area (Å²) in [5.74, 6) is 0.366. The smallest absolute Gasteiger partial charge is 0.297 e. The molecule has 4 nitrogen and oxygen atoms in total. The maximum atomic E-state index is 12.8. The lowest BCUT2D eigenvalue weighted by atomic mass is 9.88. The topological polar surface area (TPSA) is 44.0 Å². The fraction of sp³-hybridized carbons (Fsp3) is 0.238. The molecule has 0 spiro atoms. The van der Waals surface area contributed by atoms with Gasteiger partial charge in [-0.05, 0) is 29.9 Å². The Bertz CT molecular complexity index is 988. The molecule has 0 aliphatic carbocycles. The van der Waals surface area contributed by atoms with E-state index >= 15 is 0 Å². The van der Waals surface area contributed by atoms with Crippen LogP contribution < -0.4 is 11.2 Å². The van der Waals surface area contributed by atoms with Gasteiger partial charge >= 0.3 is 5.69 Å². The van der Waals surface area contributed by atoms with Crippen LogP contribution in [0.2, 0.25) is 0 Å². The number of hydrogen-bond donors (Lipinski definition) is 0. The first-order valence-electron chi connectivity index (χ1n) is 8.65. The predicted octanol–water partition coefficient (Wildman–Crippen LogP) is 2.79. The molecule has 4 rings (SSSR count). The highest BCUT2D eigenvalue weighted by Gasteiger charge is 2.22. The van der Waals surface area contributed by atoms with Gasteiger partial charge in [-0.1, -0.05) is 60.7 Å². The van der Waals surface area contributed by atoms with Crippen LogP contribution in [-0.2, 0) is 19.5 Å². The Hall–Kier alpha value is -2.88. The minimum absolute atomic E-state index is 0.196. The summed E-state index contributed by atoms with van der Waals surface area (Å²) < 4.78 is 3.10. The number of aromatic nitrogens is 2. The molecule has 2 heterocycles. The molecular formula is C21H20N2O2. The lowest BCUT2D eigenvalue weighted by molar-refractivity contribution is 0.435. The van der Waals surface area contributed by atoms with Crippen molar-refractivity contribution in [3.05, 3.63) is 104 Å². The zero-order valence-electron chi connectivity index (χ0n) is 14.0. The summed E-state index contributed by atoms with van der Waals surface area (Å²) in [6.45, 7) is 0.976. The van der Waals surface area contributed by atoms with Crippen LogP contribution in [0.5, 0.6) is 0 Å². The Morgan fingerprint density at radius 1 is 0.920 bits per heavy atom. The quantitative estimate of drug-likeness (QED) is 0.740. The summed E-state index contributed by atoms with van der Waals surface area (Å²) in [6.07, 6.45) is 1.65. The van der Waals surface area contributed by atoms with Crippen LogP contribution in [-0.4, -0.2) is 9.13 Å². The fourth-order valence-electron chi connectivity index (χ4n) is 3.63. The summed E-state index contributed by atoms with van der Waals surface area (Å²) >= 11 is 0. The van der Waals surface area contributed by atoms with Gasteiger partial charge in [-0.3, -0.25) is 13.9 Å². The molecule has 2 aromatic carbocycles. The molecule has 0 fully saturated rings. The van der Waals surface area contributed by atoms with Gasteiger partial charge < -0.3 is 0 Å². The monoisotopic (exact) mass is 332 g/mol. The van der Waals surface area contributed by atoms with Gasteiger partial charge in [0, 0.05) is 18.3 Å². The second-order valence-corrected chi connectivity index (χ2v) is 6.58. The van der Waals surface area contributed by atoms with E-state index in [0.717, 1.165) is 24.1 Å². The van der Waals surface area contributed by atoms with E-state index in [1.165, 1.54) is 10.1 Å². The average molecular weight is 332 g/mol. The first-order valence-corrected chi connectivity index (χ1v) is 8.65. The molecule has 4 heteroatoms. The van der Waals surface area contributed by atoms with Gasteiger partial charge in [0.1, 0.15) is 0 Å². The van der Waals surface area contributed by atoms with Crippen LogP contribution >= 0.6 is 0 Å². The fourth-order valence-corrected chi connectivity index (χ4v) is 3.63. The van der Waals surface area contributed by atoms with E-state index in [-0.39, 0.29) is 11.2 Å². The van der Waals surface area contributed by atoms with E-state index < -0.39 is 0 Å². The third-order valence-electron chi connectivity index (χ3n) is 4.98. The molecule has 1 aliphatic heterocycles. The second-order valence-electron chi connectivity index (χ2n) is 6.58. The van der Waals surface area contributed by atoms with Crippen molar-refractivity contribution in [2.75, 3.05) is 0 Å². The summed E-state index contributed by atoms with van der Waals surface area (Å²) in [5.41, 5.74) is 2.67. The highest BCUT2D eigenvalue weighted by atomic mass is 16.2. The van der Waals surface area contributed by atoms with Crippen LogP contribution in [0.15, 0.2) is 76.3 Å². The molecule has 1 aromatic heterocycles. The number of benzene rings is 2. The Morgan fingerprint density at radius 3 is 2.32 bits per heavy atom. The van der Waals surface area contributed by atoms with Crippen molar-refractivity contribution in [1.29, 1.82) is 0 Å². The first-order chi connectivity index (χ1) is 12.2. The van der Waals surface area contributed by atoms with Gasteiger partial charge in [-0.25, -0.2) is 4.79 Å². The van der Waals surface area contributed by atoms with E-state index in [0.29, 0.717) is 19.0 Å². The molecule has 25 heavy (non-hydrogen) atoms. The predicted molar refractivity (Wildman–Crippen MR) is 98.0 cm³/mol. The Labute approximate surface area is 146 Å². The standard InChI is InChI=1S/C21H20N2O2/c24-20-14-19-13-18(17-9-5-2-6-10-17)11-12-22(19)21(25)23(20)15-16-7-3-1-4-8-16/h1-10,14,18H,11-13,15H2/t18-/m1/s1. The maximum Gasteiger partial charge on any atom is 0.331 e.